The van der Waals surface area contributed by atoms with Crippen molar-refractivity contribution in [3.8, 4) is 0 Å². The van der Waals surface area contributed by atoms with Gasteiger partial charge in [-0.1, -0.05) is 19.9 Å². The third kappa shape index (κ3) is 2.21. The first-order chi connectivity index (χ1) is 9.03. The average Bonchev–Trinajstić information content (AvgIpc) is 2.86. The van der Waals surface area contributed by atoms with E-state index in [4.69, 9.17) is 0 Å². The molecule has 2 unspecified atom stereocenters. The number of nitrogens with zero attached hydrogens (tertiary/aromatic N) is 1. The molecule has 1 amide bonds. The second kappa shape index (κ2) is 4.60. The van der Waals surface area contributed by atoms with E-state index >= 15 is 0 Å². The first kappa shape index (κ1) is 13.1. The lowest BCUT2D eigenvalue weighted by atomic mass is 9.91. The molecule has 3 nitrogen and oxygen atoms in total. The predicted octanol–water partition coefficient (Wildman–Crippen LogP) is 3.00. The van der Waals surface area contributed by atoms with E-state index in [-0.39, 0.29) is 18.1 Å². The van der Waals surface area contributed by atoms with E-state index in [0.29, 0.717) is 11.3 Å². The van der Waals surface area contributed by atoms with Crippen molar-refractivity contribution in [1.29, 1.82) is 0 Å². The minimum Gasteiger partial charge on any atom is -0.320 e. The number of thiophene rings is 1. The van der Waals surface area contributed by atoms with Crippen LogP contribution in [0.1, 0.15) is 44.7 Å². The van der Waals surface area contributed by atoms with Gasteiger partial charge in [-0.15, -0.1) is 11.3 Å². The number of amides is 1. The Hall–Kier alpha value is -0.870. The van der Waals surface area contributed by atoms with E-state index in [1.54, 1.807) is 11.3 Å². The number of carbonyl (C=O) groups excluding carboxylic acids is 1. The van der Waals surface area contributed by atoms with Crippen molar-refractivity contribution < 1.29 is 4.79 Å². The van der Waals surface area contributed by atoms with Crippen LogP contribution in [0.4, 0.5) is 0 Å². The van der Waals surface area contributed by atoms with Gasteiger partial charge >= 0.3 is 0 Å². The van der Waals surface area contributed by atoms with E-state index < -0.39 is 0 Å². The lowest BCUT2D eigenvalue weighted by molar-refractivity contribution is -0.130. The lowest BCUT2D eigenvalue weighted by Crippen LogP contribution is -2.37. The average molecular weight is 278 g/mol. The molecular formula is C15H22N2OS. The van der Waals surface area contributed by atoms with E-state index in [0.717, 1.165) is 6.54 Å². The normalized spacial score (nSPS) is 29.3. The molecule has 2 atom stereocenters. The van der Waals surface area contributed by atoms with Crippen LogP contribution in [0.15, 0.2) is 17.5 Å². The molecule has 0 radical (unpaired) electrons. The van der Waals surface area contributed by atoms with Crippen molar-refractivity contribution in [2.45, 2.75) is 45.8 Å². The number of hydrogen-bond acceptors (Lipinski definition) is 3. The molecule has 1 aromatic heterocycles. The highest BCUT2D eigenvalue weighted by Crippen LogP contribution is 2.53. The van der Waals surface area contributed by atoms with Gasteiger partial charge in [-0.05, 0) is 42.5 Å². The quantitative estimate of drug-likeness (QED) is 0.918. The summed E-state index contributed by atoms with van der Waals surface area (Å²) < 4.78 is 0. The summed E-state index contributed by atoms with van der Waals surface area (Å²) in [5, 5.41) is 5.51. The zero-order valence-electron chi connectivity index (χ0n) is 11.8. The molecule has 1 aliphatic carbocycles. The minimum absolute atomic E-state index is 0.0601. The maximum absolute atomic E-state index is 12.4. The smallest absolute Gasteiger partial charge is 0.241 e. The Morgan fingerprint density at radius 2 is 2.26 bits per heavy atom. The molecule has 19 heavy (non-hydrogen) atoms. The maximum atomic E-state index is 12.4. The second-order valence-electron chi connectivity index (χ2n) is 6.29. The van der Waals surface area contributed by atoms with E-state index in [2.05, 4.69) is 41.6 Å². The second-order valence-corrected chi connectivity index (χ2v) is 7.27. The Morgan fingerprint density at radius 3 is 2.79 bits per heavy atom. The zero-order valence-corrected chi connectivity index (χ0v) is 12.7. The molecule has 1 aromatic rings. The van der Waals surface area contributed by atoms with Gasteiger partial charge in [0.05, 0.1) is 6.04 Å². The molecule has 104 valence electrons. The fraction of sp³-hybridized carbons (Fsp3) is 0.667. The number of carbonyl (C=O) groups is 1. The molecule has 2 aliphatic rings. The van der Waals surface area contributed by atoms with Gasteiger partial charge in [-0.3, -0.25) is 10.1 Å². The molecule has 2 fully saturated rings. The van der Waals surface area contributed by atoms with Crippen LogP contribution in [0.2, 0.25) is 0 Å². The van der Waals surface area contributed by atoms with Crippen molar-refractivity contribution in [1.82, 2.24) is 10.2 Å². The Labute approximate surface area is 119 Å². The van der Waals surface area contributed by atoms with Crippen LogP contribution in [-0.2, 0) is 4.79 Å². The standard InChI is InChI=1S/C15H22N2OS/c1-10(2)15(6-7-15)9-17-13(12-5-4-8-19-12)16-11(3)14(17)18/h4-5,8,10-11,13,16H,6-7,9H2,1-3H3. The highest BCUT2D eigenvalue weighted by atomic mass is 32.1. The van der Waals surface area contributed by atoms with Crippen molar-refractivity contribution >= 4 is 17.2 Å². The highest BCUT2D eigenvalue weighted by Gasteiger charge is 2.50. The summed E-state index contributed by atoms with van der Waals surface area (Å²) >= 11 is 1.73. The summed E-state index contributed by atoms with van der Waals surface area (Å²) in [6.45, 7) is 7.44. The van der Waals surface area contributed by atoms with E-state index in [1.807, 2.05) is 6.92 Å². The van der Waals surface area contributed by atoms with Crippen LogP contribution in [-0.4, -0.2) is 23.4 Å². The van der Waals surface area contributed by atoms with Gasteiger partial charge in [-0.25, -0.2) is 0 Å². The molecular weight excluding hydrogens is 256 g/mol. The van der Waals surface area contributed by atoms with Gasteiger partial charge in [0, 0.05) is 11.4 Å². The van der Waals surface area contributed by atoms with Crippen molar-refractivity contribution in [3.05, 3.63) is 22.4 Å². The van der Waals surface area contributed by atoms with Gasteiger partial charge in [0.25, 0.3) is 0 Å². The summed E-state index contributed by atoms with van der Waals surface area (Å²) in [5.41, 5.74) is 0.372. The van der Waals surface area contributed by atoms with Crippen molar-refractivity contribution in [3.63, 3.8) is 0 Å². The van der Waals surface area contributed by atoms with Gasteiger partial charge < -0.3 is 4.90 Å². The largest absolute Gasteiger partial charge is 0.320 e. The van der Waals surface area contributed by atoms with Gasteiger partial charge in [0.2, 0.25) is 5.91 Å². The Morgan fingerprint density at radius 1 is 1.53 bits per heavy atom. The predicted molar refractivity (Wildman–Crippen MR) is 77.9 cm³/mol. The van der Waals surface area contributed by atoms with Crippen LogP contribution in [0, 0.1) is 11.3 Å². The summed E-state index contributed by atoms with van der Waals surface area (Å²) in [7, 11) is 0. The fourth-order valence-corrected chi connectivity index (χ4v) is 3.84. The summed E-state index contributed by atoms with van der Waals surface area (Å²) in [4.78, 5) is 15.7. The topological polar surface area (TPSA) is 32.3 Å². The summed E-state index contributed by atoms with van der Waals surface area (Å²) in [6.07, 6.45) is 2.61. The highest BCUT2D eigenvalue weighted by molar-refractivity contribution is 7.10. The van der Waals surface area contributed by atoms with Crippen molar-refractivity contribution in [2.75, 3.05) is 6.54 Å². The van der Waals surface area contributed by atoms with Gasteiger partial charge in [-0.2, -0.15) is 0 Å². The van der Waals surface area contributed by atoms with Gasteiger partial charge in [0.15, 0.2) is 0 Å². The van der Waals surface area contributed by atoms with Crippen LogP contribution < -0.4 is 5.32 Å². The molecule has 0 spiro atoms. The maximum Gasteiger partial charge on any atom is 0.241 e. The SMILES string of the molecule is CC1NC(c2cccs2)N(CC2(C(C)C)CC2)C1=O. The number of rotatable bonds is 4. The molecule has 1 aliphatic heterocycles. The van der Waals surface area contributed by atoms with Crippen LogP contribution in [0.25, 0.3) is 0 Å². The molecule has 1 N–H and O–H groups in total. The van der Waals surface area contributed by atoms with Gasteiger partial charge in [0.1, 0.15) is 6.17 Å². The monoisotopic (exact) mass is 278 g/mol. The van der Waals surface area contributed by atoms with Crippen molar-refractivity contribution in [2.24, 2.45) is 11.3 Å². The first-order valence-electron chi connectivity index (χ1n) is 7.13. The van der Waals surface area contributed by atoms with E-state index in [1.165, 1.54) is 17.7 Å². The first-order valence-corrected chi connectivity index (χ1v) is 8.01. The molecule has 3 rings (SSSR count). The Bertz CT molecular complexity index is 464. The molecule has 2 heterocycles. The minimum atomic E-state index is -0.0601. The van der Waals surface area contributed by atoms with Crippen LogP contribution >= 0.6 is 11.3 Å². The Kier molecular flexibility index (Phi) is 3.18. The molecule has 4 heteroatoms. The zero-order chi connectivity index (χ0) is 13.6. The van der Waals surface area contributed by atoms with E-state index in [9.17, 15) is 4.79 Å². The number of hydrogen-bond donors (Lipinski definition) is 1. The van der Waals surface area contributed by atoms with Crippen LogP contribution in [0.5, 0.6) is 0 Å². The lowest BCUT2D eigenvalue weighted by Gasteiger charge is -2.30. The summed E-state index contributed by atoms with van der Waals surface area (Å²) in [5.74, 6) is 0.908. The molecule has 0 aromatic carbocycles. The van der Waals surface area contributed by atoms with Crippen LogP contribution in [0.3, 0.4) is 0 Å². The number of nitrogens with one attached hydrogen (secondary N) is 1. The Balaban J connectivity index is 1.82. The summed E-state index contributed by atoms with van der Waals surface area (Å²) in [6, 6.07) is 4.12. The molecule has 1 saturated carbocycles. The molecule has 0 bridgehead atoms. The fourth-order valence-electron chi connectivity index (χ4n) is 3.04. The molecule has 1 saturated heterocycles. The third-order valence-electron chi connectivity index (χ3n) is 4.79. The third-order valence-corrected chi connectivity index (χ3v) is 5.71.